The fraction of sp³-hybridized carbons (Fsp3) is 0.0556. The van der Waals surface area contributed by atoms with Crippen LogP contribution in [0.5, 0.6) is 0 Å². The summed E-state index contributed by atoms with van der Waals surface area (Å²) in [6.07, 6.45) is 0. The molecule has 0 saturated carbocycles. The third-order valence-electron chi connectivity index (χ3n) is 3.71. The molecule has 0 atom stereocenters. The molecule has 2 aromatic carbocycles. The molecule has 1 heterocycles. The SMILES string of the molecule is O=C(CNC(=O)c1cc(=O)[nH]c2ccccc12)Nc1ccc(F)c(F)c1F. The van der Waals surface area contributed by atoms with E-state index >= 15 is 0 Å². The van der Waals surface area contributed by atoms with Gasteiger partial charge in [0.05, 0.1) is 17.8 Å². The van der Waals surface area contributed by atoms with E-state index < -0.39 is 47.1 Å². The van der Waals surface area contributed by atoms with Crippen molar-refractivity contribution in [1.29, 1.82) is 0 Å². The molecule has 1 aromatic heterocycles. The van der Waals surface area contributed by atoms with E-state index in [4.69, 9.17) is 0 Å². The van der Waals surface area contributed by atoms with E-state index in [2.05, 4.69) is 10.3 Å². The van der Waals surface area contributed by atoms with Gasteiger partial charge in [-0.05, 0) is 18.2 Å². The van der Waals surface area contributed by atoms with Gasteiger partial charge in [0.15, 0.2) is 17.5 Å². The quantitative estimate of drug-likeness (QED) is 0.611. The van der Waals surface area contributed by atoms with Crippen molar-refractivity contribution < 1.29 is 22.8 Å². The fourth-order valence-corrected chi connectivity index (χ4v) is 2.47. The number of H-pyrrole nitrogens is 1. The van der Waals surface area contributed by atoms with E-state index in [9.17, 15) is 27.6 Å². The first-order valence-electron chi connectivity index (χ1n) is 7.70. The minimum absolute atomic E-state index is 0.0566. The number of hydrogen-bond donors (Lipinski definition) is 3. The van der Waals surface area contributed by atoms with Crippen LogP contribution >= 0.6 is 0 Å². The van der Waals surface area contributed by atoms with Gasteiger partial charge in [0.2, 0.25) is 11.5 Å². The maximum absolute atomic E-state index is 13.6. The first-order chi connectivity index (χ1) is 12.9. The van der Waals surface area contributed by atoms with Crippen molar-refractivity contribution in [1.82, 2.24) is 10.3 Å². The lowest BCUT2D eigenvalue weighted by Gasteiger charge is -2.09. The number of para-hydroxylation sites is 1. The fourth-order valence-electron chi connectivity index (χ4n) is 2.47. The molecule has 0 aliphatic heterocycles. The van der Waals surface area contributed by atoms with Crippen molar-refractivity contribution in [3.05, 3.63) is 75.8 Å². The van der Waals surface area contributed by atoms with Crippen LogP contribution in [0.4, 0.5) is 18.9 Å². The summed E-state index contributed by atoms with van der Waals surface area (Å²) < 4.78 is 39.6. The molecule has 6 nitrogen and oxygen atoms in total. The number of pyridine rings is 1. The summed E-state index contributed by atoms with van der Waals surface area (Å²) in [5, 5.41) is 4.79. The largest absolute Gasteiger partial charge is 0.343 e. The predicted molar refractivity (Wildman–Crippen MR) is 91.8 cm³/mol. The van der Waals surface area contributed by atoms with Crippen LogP contribution in [0.1, 0.15) is 10.4 Å². The lowest BCUT2D eigenvalue weighted by Crippen LogP contribution is -2.33. The van der Waals surface area contributed by atoms with Crippen LogP contribution in [0.15, 0.2) is 47.3 Å². The molecule has 0 spiro atoms. The summed E-state index contributed by atoms with van der Waals surface area (Å²) in [6, 6.07) is 9.21. The van der Waals surface area contributed by atoms with Crippen molar-refractivity contribution in [2.45, 2.75) is 0 Å². The van der Waals surface area contributed by atoms with E-state index in [1.54, 1.807) is 24.3 Å². The Morgan fingerprint density at radius 1 is 1.00 bits per heavy atom. The lowest BCUT2D eigenvalue weighted by atomic mass is 10.1. The Labute approximate surface area is 150 Å². The molecule has 3 N–H and O–H groups in total. The number of fused-ring (bicyclic) bond motifs is 1. The summed E-state index contributed by atoms with van der Waals surface area (Å²) in [5.74, 6) is -6.21. The summed E-state index contributed by atoms with van der Waals surface area (Å²) in [6.45, 7) is -0.571. The molecule has 0 unspecified atom stereocenters. The Kier molecular flexibility index (Phi) is 4.93. The summed E-state index contributed by atoms with van der Waals surface area (Å²) in [5.41, 5.74) is -0.550. The average molecular weight is 375 g/mol. The van der Waals surface area contributed by atoms with Crippen LogP contribution in [0.2, 0.25) is 0 Å². The zero-order chi connectivity index (χ0) is 19.6. The molecule has 0 aliphatic carbocycles. The molecule has 0 bridgehead atoms. The third-order valence-corrected chi connectivity index (χ3v) is 3.71. The first kappa shape index (κ1) is 18.2. The topological polar surface area (TPSA) is 91.1 Å². The van der Waals surface area contributed by atoms with E-state index in [0.29, 0.717) is 17.0 Å². The van der Waals surface area contributed by atoms with Crippen LogP contribution in [-0.2, 0) is 4.79 Å². The smallest absolute Gasteiger partial charge is 0.252 e. The maximum atomic E-state index is 13.6. The molecule has 9 heteroatoms. The number of aromatic nitrogens is 1. The Morgan fingerprint density at radius 3 is 2.52 bits per heavy atom. The second-order valence-electron chi connectivity index (χ2n) is 5.55. The Balaban J connectivity index is 1.72. The molecule has 2 amide bonds. The summed E-state index contributed by atoms with van der Waals surface area (Å²) >= 11 is 0. The molecular weight excluding hydrogens is 363 g/mol. The van der Waals surface area contributed by atoms with Gasteiger partial charge in [-0.15, -0.1) is 0 Å². The van der Waals surface area contributed by atoms with E-state index in [-0.39, 0.29) is 5.56 Å². The number of hydrogen-bond acceptors (Lipinski definition) is 3. The molecule has 27 heavy (non-hydrogen) atoms. The molecule has 0 aliphatic rings. The first-order valence-corrected chi connectivity index (χ1v) is 7.70. The van der Waals surface area contributed by atoms with E-state index in [0.717, 1.165) is 12.1 Å². The maximum Gasteiger partial charge on any atom is 0.252 e. The number of carbonyl (C=O) groups is 2. The van der Waals surface area contributed by atoms with Gasteiger partial charge in [0, 0.05) is 17.0 Å². The van der Waals surface area contributed by atoms with Crippen LogP contribution in [0.3, 0.4) is 0 Å². The van der Waals surface area contributed by atoms with E-state index in [1.807, 2.05) is 5.32 Å². The van der Waals surface area contributed by atoms with Crippen molar-refractivity contribution in [2.24, 2.45) is 0 Å². The highest BCUT2D eigenvalue weighted by Gasteiger charge is 2.16. The van der Waals surface area contributed by atoms with Gasteiger partial charge in [0.1, 0.15) is 0 Å². The number of rotatable bonds is 4. The van der Waals surface area contributed by atoms with E-state index in [1.165, 1.54) is 0 Å². The minimum atomic E-state index is -1.72. The van der Waals surface area contributed by atoms with Crippen LogP contribution in [0.25, 0.3) is 10.9 Å². The molecule has 3 rings (SSSR count). The third kappa shape index (κ3) is 3.81. The number of benzene rings is 2. The Bertz CT molecular complexity index is 1110. The zero-order valence-corrected chi connectivity index (χ0v) is 13.6. The molecule has 0 saturated heterocycles. The van der Waals surface area contributed by atoms with Crippen LogP contribution in [0, 0.1) is 17.5 Å². The Morgan fingerprint density at radius 2 is 1.74 bits per heavy atom. The normalized spacial score (nSPS) is 10.6. The number of anilines is 1. The highest BCUT2D eigenvalue weighted by molar-refractivity contribution is 6.07. The highest BCUT2D eigenvalue weighted by Crippen LogP contribution is 2.19. The van der Waals surface area contributed by atoms with Gasteiger partial charge in [-0.1, -0.05) is 18.2 Å². The number of carbonyl (C=O) groups excluding carboxylic acids is 2. The minimum Gasteiger partial charge on any atom is -0.343 e. The van der Waals surface area contributed by atoms with Crippen LogP contribution in [-0.4, -0.2) is 23.3 Å². The molecule has 0 radical (unpaired) electrons. The number of halogens is 3. The average Bonchev–Trinajstić information content (AvgIpc) is 2.66. The number of aromatic amines is 1. The highest BCUT2D eigenvalue weighted by atomic mass is 19.2. The second kappa shape index (κ2) is 7.32. The monoisotopic (exact) mass is 375 g/mol. The van der Waals surface area contributed by atoms with Crippen LogP contribution < -0.4 is 16.2 Å². The molecule has 0 fully saturated rings. The lowest BCUT2D eigenvalue weighted by molar-refractivity contribution is -0.115. The number of amides is 2. The molecular formula is C18H12F3N3O3. The summed E-state index contributed by atoms with van der Waals surface area (Å²) in [7, 11) is 0. The van der Waals surface area contributed by atoms with Crippen molar-refractivity contribution in [2.75, 3.05) is 11.9 Å². The van der Waals surface area contributed by atoms with Crippen molar-refractivity contribution in [3.8, 4) is 0 Å². The summed E-state index contributed by atoms with van der Waals surface area (Å²) in [4.78, 5) is 38.4. The van der Waals surface area contributed by atoms with Crippen molar-refractivity contribution in [3.63, 3.8) is 0 Å². The van der Waals surface area contributed by atoms with Gasteiger partial charge in [-0.2, -0.15) is 0 Å². The van der Waals surface area contributed by atoms with Gasteiger partial charge < -0.3 is 15.6 Å². The van der Waals surface area contributed by atoms with Gasteiger partial charge in [-0.25, -0.2) is 13.2 Å². The standard InChI is InChI=1S/C18H12F3N3O3/c19-11-5-6-13(17(21)16(11)20)24-15(26)8-22-18(27)10-7-14(25)23-12-4-2-1-3-9(10)12/h1-7H,8H2,(H,22,27)(H,23,25)(H,24,26). The number of nitrogens with one attached hydrogen (secondary N) is 3. The van der Waals surface area contributed by atoms with Gasteiger partial charge in [0.25, 0.3) is 5.91 Å². The van der Waals surface area contributed by atoms with Gasteiger partial charge >= 0.3 is 0 Å². The molecule has 3 aromatic rings. The van der Waals surface area contributed by atoms with Gasteiger partial charge in [-0.3, -0.25) is 14.4 Å². The second-order valence-corrected chi connectivity index (χ2v) is 5.55. The Hall–Kier alpha value is -3.62. The zero-order valence-electron chi connectivity index (χ0n) is 13.6. The predicted octanol–water partition coefficient (Wildman–Crippen LogP) is 2.31. The molecule has 138 valence electrons. The van der Waals surface area contributed by atoms with Crippen molar-refractivity contribution >= 4 is 28.4 Å².